The first-order valence-corrected chi connectivity index (χ1v) is 13.5. The lowest BCUT2D eigenvalue weighted by atomic mass is 9.77. The van der Waals surface area contributed by atoms with Gasteiger partial charge in [0.15, 0.2) is 0 Å². The van der Waals surface area contributed by atoms with Gasteiger partial charge in [-0.2, -0.15) is 0 Å². The second-order valence-corrected chi connectivity index (χ2v) is 11.6. The van der Waals surface area contributed by atoms with Crippen molar-refractivity contribution in [1.29, 1.82) is 0 Å². The summed E-state index contributed by atoms with van der Waals surface area (Å²) >= 11 is 0. The molecule has 0 aliphatic carbocycles. The van der Waals surface area contributed by atoms with E-state index in [1.54, 1.807) is 0 Å². The molecule has 2 bridgehead atoms. The maximum atomic E-state index is 13.5. The van der Waals surface area contributed by atoms with E-state index < -0.39 is 0 Å². The Hall–Kier alpha value is -2.38. The van der Waals surface area contributed by atoms with Crippen molar-refractivity contribution in [2.24, 2.45) is 23.7 Å². The Morgan fingerprint density at radius 2 is 2.00 bits per heavy atom. The van der Waals surface area contributed by atoms with Crippen LogP contribution in [0.25, 0.3) is 0 Å². The van der Waals surface area contributed by atoms with Crippen molar-refractivity contribution in [1.82, 2.24) is 20.3 Å². The number of nitrogens with one attached hydrogen (secondary N) is 1. The molecule has 1 N–H and O–H groups in total. The first-order chi connectivity index (χ1) is 16.7. The Morgan fingerprint density at radius 3 is 2.71 bits per heavy atom. The van der Waals surface area contributed by atoms with E-state index in [4.69, 9.17) is 4.52 Å². The molecule has 5 atom stereocenters. The van der Waals surface area contributed by atoms with E-state index in [-0.39, 0.29) is 48.1 Å². The summed E-state index contributed by atoms with van der Waals surface area (Å²) in [5.41, 5.74) is 0.777. The predicted molar refractivity (Wildman–Crippen MR) is 132 cm³/mol. The highest BCUT2D eigenvalue weighted by molar-refractivity contribution is 5.79. The highest BCUT2D eigenvalue weighted by Crippen LogP contribution is 2.36. The van der Waals surface area contributed by atoms with Gasteiger partial charge in [-0.1, -0.05) is 25.9 Å². The van der Waals surface area contributed by atoms with E-state index in [9.17, 15) is 14.4 Å². The first kappa shape index (κ1) is 25.7. The monoisotopic (exact) mass is 486 g/mol. The van der Waals surface area contributed by atoms with E-state index in [0.717, 1.165) is 37.8 Å². The third-order valence-electron chi connectivity index (χ3n) is 8.19. The molecule has 0 radical (unpaired) electrons. The van der Waals surface area contributed by atoms with Crippen LogP contribution >= 0.6 is 0 Å². The molecule has 3 amide bonds. The van der Waals surface area contributed by atoms with E-state index in [0.29, 0.717) is 50.1 Å². The third-order valence-corrected chi connectivity index (χ3v) is 8.19. The molecule has 0 saturated carbocycles. The standard InChI is InChI=1S/C27H42N4O4/c1-17(2)23-9-8-18(3)10-27(34)31-15-20-12-21(24(31)6-5-7-25(32)28-23)16-30(14-20)26(33)13-22-11-19(4)29-35-22/h11,17-18,20-21,23-24H,5-10,12-16H2,1-4H3,(H,28,32)/t18-,20+,21-,23+,24+/m1/s1. The molecule has 1 aromatic heterocycles. The molecular formula is C27H42N4O4. The second kappa shape index (κ2) is 11.1. The van der Waals surface area contributed by atoms with Crippen LogP contribution in [-0.2, 0) is 20.8 Å². The van der Waals surface area contributed by atoms with Gasteiger partial charge in [0.05, 0.1) is 12.1 Å². The van der Waals surface area contributed by atoms with Crippen LogP contribution in [0.15, 0.2) is 10.6 Å². The third kappa shape index (κ3) is 6.44. The fraction of sp³-hybridized carbons (Fsp3) is 0.778. The minimum Gasteiger partial charge on any atom is -0.361 e. The molecule has 3 fully saturated rings. The summed E-state index contributed by atoms with van der Waals surface area (Å²) in [7, 11) is 0. The van der Waals surface area contributed by atoms with Crippen molar-refractivity contribution >= 4 is 17.7 Å². The summed E-state index contributed by atoms with van der Waals surface area (Å²) in [5, 5.41) is 7.14. The smallest absolute Gasteiger partial charge is 0.230 e. The van der Waals surface area contributed by atoms with Crippen LogP contribution in [0, 0.1) is 30.6 Å². The Bertz CT molecular complexity index is 913. The molecule has 35 heavy (non-hydrogen) atoms. The minimum atomic E-state index is 0.0630. The Balaban J connectivity index is 1.46. The molecule has 4 rings (SSSR count). The zero-order chi connectivity index (χ0) is 25.1. The SMILES string of the molecule is Cc1cc(CC(=O)N2C[C@@H]3C[C@H](C2)[C@@H]2CCCC(=O)N[C@H](C(C)C)CC[C@@H](C)CC(=O)N2C3)on1. The summed E-state index contributed by atoms with van der Waals surface area (Å²) in [4.78, 5) is 43.3. The molecule has 0 spiro atoms. The Kier molecular flexibility index (Phi) is 8.17. The fourth-order valence-corrected chi connectivity index (χ4v) is 6.27. The number of nitrogens with zero attached hydrogens (tertiary/aromatic N) is 3. The van der Waals surface area contributed by atoms with Gasteiger partial charge < -0.3 is 19.6 Å². The summed E-state index contributed by atoms with van der Waals surface area (Å²) in [5.74, 6) is 2.23. The summed E-state index contributed by atoms with van der Waals surface area (Å²) in [6.07, 6.45) is 5.72. The van der Waals surface area contributed by atoms with Crippen LogP contribution in [0.3, 0.4) is 0 Å². The number of aryl methyl sites for hydroxylation is 1. The van der Waals surface area contributed by atoms with Gasteiger partial charge in [0, 0.05) is 50.6 Å². The quantitative estimate of drug-likeness (QED) is 0.707. The van der Waals surface area contributed by atoms with E-state index in [2.05, 4.69) is 36.1 Å². The minimum absolute atomic E-state index is 0.0630. The predicted octanol–water partition coefficient (Wildman–Crippen LogP) is 3.33. The highest BCUT2D eigenvalue weighted by atomic mass is 16.5. The van der Waals surface area contributed by atoms with Gasteiger partial charge in [-0.3, -0.25) is 14.4 Å². The number of amides is 3. The van der Waals surface area contributed by atoms with Crippen LogP contribution < -0.4 is 5.32 Å². The average Bonchev–Trinajstić information content (AvgIpc) is 3.21. The number of fused-ring (bicyclic) bond motifs is 4. The molecule has 0 unspecified atom stereocenters. The zero-order valence-corrected chi connectivity index (χ0v) is 21.8. The highest BCUT2D eigenvalue weighted by Gasteiger charge is 2.43. The molecule has 0 aromatic carbocycles. The van der Waals surface area contributed by atoms with E-state index >= 15 is 0 Å². The number of rotatable bonds is 3. The molecule has 3 saturated heterocycles. The van der Waals surface area contributed by atoms with Crippen molar-refractivity contribution < 1.29 is 18.9 Å². The van der Waals surface area contributed by atoms with Crippen LogP contribution in [0.2, 0.25) is 0 Å². The maximum absolute atomic E-state index is 13.5. The molecule has 4 heterocycles. The number of likely N-dealkylation sites (tertiary alicyclic amines) is 1. The van der Waals surface area contributed by atoms with Gasteiger partial charge in [-0.15, -0.1) is 0 Å². The van der Waals surface area contributed by atoms with Crippen LogP contribution in [0.5, 0.6) is 0 Å². The molecule has 8 heteroatoms. The Labute approximate surface area is 209 Å². The van der Waals surface area contributed by atoms with Crippen molar-refractivity contribution in [2.45, 2.75) is 91.1 Å². The number of carbonyl (C=O) groups is 3. The number of aromatic nitrogens is 1. The van der Waals surface area contributed by atoms with Crippen molar-refractivity contribution in [3.63, 3.8) is 0 Å². The Morgan fingerprint density at radius 1 is 1.20 bits per heavy atom. The normalized spacial score (nSPS) is 30.7. The lowest BCUT2D eigenvalue weighted by Crippen LogP contribution is -2.60. The van der Waals surface area contributed by atoms with Gasteiger partial charge in [0.25, 0.3) is 0 Å². The zero-order valence-electron chi connectivity index (χ0n) is 21.8. The molecular weight excluding hydrogens is 444 g/mol. The maximum Gasteiger partial charge on any atom is 0.230 e. The van der Waals surface area contributed by atoms with Crippen molar-refractivity contribution in [2.75, 3.05) is 19.6 Å². The topological polar surface area (TPSA) is 95.8 Å². The molecule has 3 aliphatic heterocycles. The number of hydrogen-bond acceptors (Lipinski definition) is 5. The van der Waals surface area contributed by atoms with E-state index in [1.165, 1.54) is 0 Å². The second-order valence-electron chi connectivity index (χ2n) is 11.6. The molecule has 194 valence electrons. The fourth-order valence-electron chi connectivity index (χ4n) is 6.27. The number of carbonyl (C=O) groups excluding carboxylic acids is 3. The number of piperidine rings is 2. The van der Waals surface area contributed by atoms with Gasteiger partial charge in [-0.25, -0.2) is 0 Å². The average molecular weight is 487 g/mol. The van der Waals surface area contributed by atoms with Crippen LogP contribution in [0.4, 0.5) is 0 Å². The molecule has 8 nitrogen and oxygen atoms in total. The largest absolute Gasteiger partial charge is 0.361 e. The summed E-state index contributed by atoms with van der Waals surface area (Å²) in [6, 6.07) is 2.06. The van der Waals surface area contributed by atoms with Gasteiger partial charge in [0.1, 0.15) is 5.76 Å². The van der Waals surface area contributed by atoms with Crippen LogP contribution in [-0.4, -0.2) is 64.4 Å². The van der Waals surface area contributed by atoms with Crippen molar-refractivity contribution in [3.8, 4) is 0 Å². The van der Waals surface area contributed by atoms with Gasteiger partial charge in [-0.05, 0) is 62.7 Å². The van der Waals surface area contributed by atoms with Gasteiger partial charge >= 0.3 is 0 Å². The van der Waals surface area contributed by atoms with Gasteiger partial charge in [0.2, 0.25) is 17.7 Å². The van der Waals surface area contributed by atoms with Crippen LogP contribution in [0.1, 0.15) is 77.2 Å². The molecule has 3 aliphatic rings. The van der Waals surface area contributed by atoms with E-state index in [1.807, 2.05) is 17.9 Å². The molecule has 1 aromatic rings. The number of hydrogen-bond donors (Lipinski definition) is 1. The summed E-state index contributed by atoms with van der Waals surface area (Å²) in [6.45, 7) is 10.4. The first-order valence-electron chi connectivity index (χ1n) is 13.5. The summed E-state index contributed by atoms with van der Waals surface area (Å²) < 4.78 is 5.26. The lowest BCUT2D eigenvalue weighted by Gasteiger charge is -2.51. The van der Waals surface area contributed by atoms with Crippen molar-refractivity contribution in [3.05, 3.63) is 17.5 Å². The lowest BCUT2D eigenvalue weighted by molar-refractivity contribution is -0.146.